The first-order valence-corrected chi connectivity index (χ1v) is 9.11. The molecule has 0 bridgehead atoms. The van der Waals surface area contributed by atoms with Crippen molar-refractivity contribution in [2.75, 3.05) is 20.1 Å². The predicted molar refractivity (Wildman–Crippen MR) is 99.0 cm³/mol. The smallest absolute Gasteiger partial charge is 0.146 e. The maximum atomic E-state index is 12.3. The lowest BCUT2D eigenvalue weighted by atomic mass is 9.92. The van der Waals surface area contributed by atoms with E-state index < -0.39 is 0 Å². The molecule has 3 rings (SSSR count). The number of thioether (sulfide) groups is 1. The van der Waals surface area contributed by atoms with Crippen LogP contribution in [0.4, 0.5) is 0 Å². The first-order valence-electron chi connectivity index (χ1n) is 8.29. The van der Waals surface area contributed by atoms with E-state index >= 15 is 0 Å². The molecule has 0 spiro atoms. The van der Waals surface area contributed by atoms with E-state index in [1.54, 1.807) is 18.7 Å². The first-order chi connectivity index (χ1) is 11.6. The molecule has 0 amide bonds. The van der Waals surface area contributed by atoms with Crippen LogP contribution < -0.4 is 4.74 Å². The monoisotopic (exact) mass is 341 g/mol. The highest BCUT2D eigenvalue weighted by atomic mass is 32.2. The van der Waals surface area contributed by atoms with Crippen LogP contribution in [0.3, 0.4) is 0 Å². The third kappa shape index (κ3) is 4.00. The largest absolute Gasteiger partial charge is 0.457 e. The fourth-order valence-electron chi connectivity index (χ4n) is 2.96. The van der Waals surface area contributed by atoms with Gasteiger partial charge in [0.25, 0.3) is 0 Å². The second-order valence-electron chi connectivity index (χ2n) is 6.35. The zero-order chi connectivity index (χ0) is 17.0. The molecule has 0 saturated carbocycles. The summed E-state index contributed by atoms with van der Waals surface area (Å²) in [6.45, 7) is 3.65. The molecule has 2 aromatic rings. The molecule has 0 radical (unpaired) electrons. The molecule has 1 saturated heterocycles. The van der Waals surface area contributed by atoms with Gasteiger partial charge in [-0.05, 0) is 70.2 Å². The predicted octanol–water partition coefficient (Wildman–Crippen LogP) is 4.62. The number of Topliss-reactive ketones (excluding diaryl/α,β-unsaturated/α-hetero) is 1. The quantitative estimate of drug-likeness (QED) is 0.793. The van der Waals surface area contributed by atoms with Crippen molar-refractivity contribution in [2.24, 2.45) is 0 Å². The van der Waals surface area contributed by atoms with Crippen molar-refractivity contribution in [2.45, 2.75) is 29.4 Å². The standard InChI is InChI=1S/C20H23NO2S/c1-16(22)20(11-13-21(2)14-12-20)24-19-10-6-9-18(15-19)23-17-7-4-3-5-8-17/h3-10,15H,11-14H2,1-2H3. The summed E-state index contributed by atoms with van der Waals surface area (Å²) in [6, 6.07) is 17.8. The van der Waals surface area contributed by atoms with Crippen LogP contribution in [0.15, 0.2) is 59.5 Å². The number of benzene rings is 2. The fourth-order valence-corrected chi connectivity index (χ4v) is 4.26. The molecule has 0 N–H and O–H groups in total. The molecular formula is C20H23NO2S. The molecule has 1 aliphatic heterocycles. The van der Waals surface area contributed by atoms with Gasteiger partial charge < -0.3 is 9.64 Å². The minimum Gasteiger partial charge on any atom is -0.457 e. The van der Waals surface area contributed by atoms with Crippen molar-refractivity contribution in [3.63, 3.8) is 0 Å². The van der Waals surface area contributed by atoms with Crippen LogP contribution in [-0.4, -0.2) is 35.6 Å². The van der Waals surface area contributed by atoms with E-state index in [1.165, 1.54) is 0 Å². The van der Waals surface area contributed by atoms with Crippen LogP contribution >= 0.6 is 11.8 Å². The van der Waals surface area contributed by atoms with Crippen molar-refractivity contribution in [1.82, 2.24) is 4.90 Å². The van der Waals surface area contributed by atoms with E-state index in [0.29, 0.717) is 0 Å². The Morgan fingerprint density at radius 3 is 2.38 bits per heavy atom. The Balaban J connectivity index is 1.77. The van der Waals surface area contributed by atoms with E-state index in [9.17, 15) is 4.79 Å². The fraction of sp³-hybridized carbons (Fsp3) is 0.350. The highest BCUT2D eigenvalue weighted by Gasteiger charge is 2.39. The van der Waals surface area contributed by atoms with Crippen LogP contribution in [0.2, 0.25) is 0 Å². The first kappa shape index (κ1) is 17.1. The number of rotatable bonds is 5. The lowest BCUT2D eigenvalue weighted by Gasteiger charge is -2.38. The molecular weight excluding hydrogens is 318 g/mol. The summed E-state index contributed by atoms with van der Waals surface area (Å²) in [5.41, 5.74) is 0. The lowest BCUT2D eigenvalue weighted by molar-refractivity contribution is -0.120. The van der Waals surface area contributed by atoms with E-state index in [2.05, 4.69) is 18.0 Å². The van der Waals surface area contributed by atoms with Crippen LogP contribution in [-0.2, 0) is 4.79 Å². The van der Waals surface area contributed by atoms with Crippen molar-refractivity contribution in [3.05, 3.63) is 54.6 Å². The number of ketones is 1. The lowest BCUT2D eigenvalue weighted by Crippen LogP contribution is -2.45. The minimum atomic E-state index is -0.308. The molecule has 0 unspecified atom stereocenters. The normalized spacial score (nSPS) is 17.4. The van der Waals surface area contributed by atoms with E-state index in [0.717, 1.165) is 42.3 Å². The van der Waals surface area contributed by atoms with Gasteiger partial charge in [-0.15, -0.1) is 11.8 Å². The zero-order valence-corrected chi connectivity index (χ0v) is 15.0. The topological polar surface area (TPSA) is 29.5 Å². The molecule has 1 aliphatic rings. The number of ether oxygens (including phenoxy) is 1. The average Bonchev–Trinajstić information content (AvgIpc) is 2.58. The summed E-state index contributed by atoms with van der Waals surface area (Å²) < 4.78 is 5.60. The van der Waals surface area contributed by atoms with Crippen molar-refractivity contribution in [1.29, 1.82) is 0 Å². The molecule has 0 atom stereocenters. The number of hydrogen-bond acceptors (Lipinski definition) is 4. The van der Waals surface area contributed by atoms with Crippen molar-refractivity contribution >= 4 is 17.5 Å². The summed E-state index contributed by atoms with van der Waals surface area (Å²) in [5, 5.41) is 0. The summed E-state index contributed by atoms with van der Waals surface area (Å²) in [7, 11) is 2.11. The number of carbonyl (C=O) groups is 1. The van der Waals surface area contributed by atoms with E-state index in [1.807, 2.05) is 48.5 Å². The third-order valence-corrected chi connectivity index (χ3v) is 6.11. The zero-order valence-electron chi connectivity index (χ0n) is 14.2. The van der Waals surface area contributed by atoms with Crippen LogP contribution in [0.1, 0.15) is 19.8 Å². The minimum absolute atomic E-state index is 0.273. The van der Waals surface area contributed by atoms with Gasteiger partial charge in [-0.3, -0.25) is 4.79 Å². The van der Waals surface area contributed by atoms with Gasteiger partial charge in [0, 0.05) is 4.90 Å². The highest BCUT2D eigenvalue weighted by molar-refractivity contribution is 8.01. The Morgan fingerprint density at radius 2 is 1.71 bits per heavy atom. The van der Waals surface area contributed by atoms with Gasteiger partial charge in [-0.1, -0.05) is 24.3 Å². The van der Waals surface area contributed by atoms with E-state index in [-0.39, 0.29) is 10.5 Å². The van der Waals surface area contributed by atoms with Crippen LogP contribution in [0.25, 0.3) is 0 Å². The Bertz CT molecular complexity index is 694. The maximum Gasteiger partial charge on any atom is 0.146 e. The third-order valence-electron chi connectivity index (χ3n) is 4.53. The number of nitrogens with zero attached hydrogens (tertiary/aromatic N) is 1. The van der Waals surface area contributed by atoms with Gasteiger partial charge in [0.2, 0.25) is 0 Å². The van der Waals surface area contributed by atoms with Gasteiger partial charge >= 0.3 is 0 Å². The van der Waals surface area contributed by atoms with Crippen LogP contribution in [0.5, 0.6) is 11.5 Å². The second kappa shape index (κ2) is 7.41. The second-order valence-corrected chi connectivity index (χ2v) is 7.80. The van der Waals surface area contributed by atoms with Gasteiger partial charge in [0.05, 0.1) is 4.75 Å². The molecule has 1 heterocycles. The highest BCUT2D eigenvalue weighted by Crippen LogP contribution is 2.42. The molecule has 126 valence electrons. The summed E-state index contributed by atoms with van der Waals surface area (Å²) in [6.07, 6.45) is 1.79. The average molecular weight is 341 g/mol. The summed E-state index contributed by atoms with van der Waals surface area (Å²) in [4.78, 5) is 15.7. The molecule has 3 nitrogen and oxygen atoms in total. The van der Waals surface area contributed by atoms with Gasteiger partial charge in [0.15, 0.2) is 0 Å². The summed E-state index contributed by atoms with van der Waals surface area (Å²) in [5.74, 6) is 1.90. The Morgan fingerprint density at radius 1 is 1.04 bits per heavy atom. The molecule has 0 aromatic heterocycles. The molecule has 24 heavy (non-hydrogen) atoms. The number of piperidine rings is 1. The molecule has 2 aromatic carbocycles. The maximum absolute atomic E-state index is 12.3. The number of carbonyl (C=O) groups excluding carboxylic acids is 1. The van der Waals surface area contributed by atoms with Gasteiger partial charge in [-0.25, -0.2) is 0 Å². The summed E-state index contributed by atoms with van der Waals surface area (Å²) >= 11 is 1.69. The Labute approximate surface area is 148 Å². The SMILES string of the molecule is CC(=O)C1(Sc2cccc(Oc3ccccc3)c2)CCN(C)CC1. The molecule has 4 heteroatoms. The number of para-hydroxylation sites is 1. The Hall–Kier alpha value is -1.78. The molecule has 1 fully saturated rings. The Kier molecular flexibility index (Phi) is 5.27. The number of likely N-dealkylation sites (tertiary alicyclic amines) is 1. The van der Waals surface area contributed by atoms with Crippen molar-refractivity contribution < 1.29 is 9.53 Å². The van der Waals surface area contributed by atoms with Crippen LogP contribution in [0, 0.1) is 0 Å². The number of hydrogen-bond donors (Lipinski definition) is 0. The molecule has 0 aliphatic carbocycles. The van der Waals surface area contributed by atoms with Gasteiger partial charge in [-0.2, -0.15) is 0 Å². The van der Waals surface area contributed by atoms with E-state index in [4.69, 9.17) is 4.74 Å². The van der Waals surface area contributed by atoms with Crippen molar-refractivity contribution in [3.8, 4) is 11.5 Å². The van der Waals surface area contributed by atoms with Gasteiger partial charge in [0.1, 0.15) is 17.3 Å².